The van der Waals surface area contributed by atoms with Crippen LogP contribution in [0.2, 0.25) is 0 Å². The van der Waals surface area contributed by atoms with Gasteiger partial charge in [0.25, 0.3) is 0 Å². The average molecular weight is 512 g/mol. The van der Waals surface area contributed by atoms with Crippen molar-refractivity contribution in [3.8, 4) is 11.5 Å². The second-order valence-electron chi connectivity index (χ2n) is 11.5. The number of hydrogen-bond acceptors (Lipinski definition) is 9. The zero-order chi connectivity index (χ0) is 27.2. The second-order valence-corrected chi connectivity index (χ2v) is 11.5. The van der Waals surface area contributed by atoms with E-state index in [-0.39, 0.29) is 13.2 Å². The predicted molar refractivity (Wildman–Crippen MR) is 142 cm³/mol. The third-order valence-electron chi connectivity index (χ3n) is 7.87. The lowest BCUT2D eigenvalue weighted by Crippen LogP contribution is -2.41. The summed E-state index contributed by atoms with van der Waals surface area (Å²) in [5.41, 5.74) is 1.17. The van der Waals surface area contributed by atoms with Gasteiger partial charge in [0.15, 0.2) is 0 Å². The Hall–Kier alpha value is -2.17. The van der Waals surface area contributed by atoms with Crippen LogP contribution >= 0.6 is 0 Å². The fraction of sp³-hybridized carbons (Fsp3) is 0.615. The number of aromatic nitrogens is 2. The lowest BCUT2D eigenvalue weighted by molar-refractivity contribution is 0.00578. The zero-order valence-electron chi connectivity index (χ0n) is 23.6. The molecule has 11 heteroatoms. The minimum Gasteiger partial charge on any atom is -0.495 e. The molecule has 0 saturated carbocycles. The summed E-state index contributed by atoms with van der Waals surface area (Å²) in [5, 5.41) is 0. The van der Waals surface area contributed by atoms with E-state index in [0.29, 0.717) is 22.9 Å². The molecule has 0 amide bonds. The minimum atomic E-state index is -0.516. The standard InChI is InChI=1S/C26H38B2N2O7/c1-23(2)24(3,4)35-27(34-23)17-11-21(31-9)19(29-13-17)15-33-16-20-22(32-10)12-18(14-30-20)28-36-25(5,6)26(7,8)37-28/h11-14H,15-16H2,1-10H3. The van der Waals surface area contributed by atoms with Gasteiger partial charge in [0.05, 0.1) is 49.8 Å². The molecule has 4 heterocycles. The highest BCUT2D eigenvalue weighted by atomic mass is 16.7. The van der Waals surface area contributed by atoms with Crippen molar-refractivity contribution in [2.45, 2.75) is 91.0 Å². The molecule has 0 bridgehead atoms. The molecule has 4 rings (SSSR count). The first kappa shape index (κ1) is 27.9. The summed E-state index contributed by atoms with van der Waals surface area (Å²) in [5.74, 6) is 1.20. The Morgan fingerprint density at radius 2 is 0.946 bits per heavy atom. The van der Waals surface area contributed by atoms with Gasteiger partial charge in [0.2, 0.25) is 0 Å². The van der Waals surface area contributed by atoms with Crippen molar-refractivity contribution in [3.63, 3.8) is 0 Å². The van der Waals surface area contributed by atoms with Crippen LogP contribution in [0.3, 0.4) is 0 Å². The molecule has 2 fully saturated rings. The van der Waals surface area contributed by atoms with E-state index in [9.17, 15) is 0 Å². The summed E-state index contributed by atoms with van der Waals surface area (Å²) >= 11 is 0. The fourth-order valence-corrected chi connectivity index (χ4v) is 4.01. The number of ether oxygens (including phenoxy) is 3. The minimum absolute atomic E-state index is 0.233. The Morgan fingerprint density at radius 3 is 1.24 bits per heavy atom. The first-order chi connectivity index (χ1) is 17.2. The van der Waals surface area contributed by atoms with Gasteiger partial charge in [0, 0.05) is 23.3 Å². The van der Waals surface area contributed by atoms with Crippen LogP contribution in [-0.2, 0) is 36.6 Å². The van der Waals surface area contributed by atoms with Crippen LogP contribution in [0, 0.1) is 0 Å². The molecule has 2 aromatic heterocycles. The van der Waals surface area contributed by atoms with Crippen LogP contribution in [0.4, 0.5) is 0 Å². The van der Waals surface area contributed by atoms with Crippen LogP contribution in [0.1, 0.15) is 66.8 Å². The smallest absolute Gasteiger partial charge is 0.495 e. The number of rotatable bonds is 8. The summed E-state index contributed by atoms with van der Waals surface area (Å²) < 4.78 is 41.6. The quantitative estimate of drug-likeness (QED) is 0.496. The largest absolute Gasteiger partial charge is 0.496 e. The SMILES string of the molecule is COc1cc(B2OC(C)(C)C(C)(C)O2)cnc1COCc1ncc(B2OC(C)(C)C(C)(C)O2)cc1OC. The Labute approximate surface area is 220 Å². The van der Waals surface area contributed by atoms with Crippen LogP contribution in [0.25, 0.3) is 0 Å². The topological polar surface area (TPSA) is 90.4 Å². The molecular weight excluding hydrogens is 474 g/mol. The van der Waals surface area contributed by atoms with Crippen molar-refractivity contribution in [1.29, 1.82) is 0 Å². The van der Waals surface area contributed by atoms with Crippen LogP contribution in [-0.4, -0.2) is 60.8 Å². The molecule has 200 valence electrons. The third-order valence-corrected chi connectivity index (χ3v) is 7.87. The average Bonchev–Trinajstić information content (AvgIpc) is 3.18. The first-order valence-electron chi connectivity index (χ1n) is 12.5. The van der Waals surface area contributed by atoms with E-state index in [1.165, 1.54) is 0 Å². The molecule has 0 aliphatic carbocycles. The molecule has 0 N–H and O–H groups in total. The lowest BCUT2D eigenvalue weighted by atomic mass is 9.80. The fourth-order valence-electron chi connectivity index (χ4n) is 4.01. The van der Waals surface area contributed by atoms with Crippen molar-refractivity contribution in [1.82, 2.24) is 9.97 Å². The monoisotopic (exact) mass is 512 g/mol. The first-order valence-corrected chi connectivity index (χ1v) is 12.5. The Kier molecular flexibility index (Phi) is 7.42. The summed E-state index contributed by atoms with van der Waals surface area (Å²) in [7, 11) is 2.18. The van der Waals surface area contributed by atoms with Gasteiger partial charge in [-0.2, -0.15) is 0 Å². The van der Waals surface area contributed by atoms with E-state index in [1.807, 2.05) is 67.5 Å². The van der Waals surface area contributed by atoms with Crippen molar-refractivity contribution >= 4 is 25.2 Å². The predicted octanol–water partition coefficient (Wildman–Crippen LogP) is 2.81. The number of pyridine rings is 2. The molecule has 0 unspecified atom stereocenters. The van der Waals surface area contributed by atoms with Crippen molar-refractivity contribution in [2.75, 3.05) is 14.2 Å². The highest BCUT2D eigenvalue weighted by Crippen LogP contribution is 2.37. The van der Waals surface area contributed by atoms with E-state index in [1.54, 1.807) is 26.6 Å². The van der Waals surface area contributed by atoms with Crippen molar-refractivity contribution < 1.29 is 32.8 Å². The van der Waals surface area contributed by atoms with E-state index in [4.69, 9.17) is 32.8 Å². The molecule has 0 spiro atoms. The molecule has 0 radical (unpaired) electrons. The maximum Gasteiger partial charge on any atom is 0.496 e. The molecule has 2 aliphatic heterocycles. The Morgan fingerprint density at radius 1 is 0.622 bits per heavy atom. The maximum atomic E-state index is 6.13. The Bertz CT molecular complexity index is 1020. The molecule has 37 heavy (non-hydrogen) atoms. The van der Waals surface area contributed by atoms with Gasteiger partial charge in [-0.05, 0) is 67.5 Å². The lowest BCUT2D eigenvalue weighted by Gasteiger charge is -2.32. The van der Waals surface area contributed by atoms with Gasteiger partial charge in [-0.15, -0.1) is 0 Å². The summed E-state index contributed by atoms with van der Waals surface area (Å²) in [4.78, 5) is 9.12. The van der Waals surface area contributed by atoms with E-state index >= 15 is 0 Å². The normalized spacial score (nSPS) is 21.4. The highest BCUT2D eigenvalue weighted by Gasteiger charge is 2.53. The molecule has 9 nitrogen and oxygen atoms in total. The number of nitrogens with zero attached hydrogens (tertiary/aromatic N) is 2. The van der Waals surface area contributed by atoms with E-state index in [0.717, 1.165) is 10.9 Å². The third kappa shape index (κ3) is 5.38. The van der Waals surface area contributed by atoms with E-state index < -0.39 is 36.6 Å². The summed E-state index contributed by atoms with van der Waals surface area (Å²) in [6, 6.07) is 3.76. The van der Waals surface area contributed by atoms with Gasteiger partial charge in [-0.1, -0.05) is 0 Å². The molecule has 0 atom stereocenters. The van der Waals surface area contributed by atoms with Gasteiger partial charge < -0.3 is 32.8 Å². The highest BCUT2D eigenvalue weighted by molar-refractivity contribution is 6.62. The Balaban J connectivity index is 1.41. The van der Waals surface area contributed by atoms with Gasteiger partial charge in [0.1, 0.15) is 22.9 Å². The number of hydrogen-bond donors (Lipinski definition) is 0. The summed E-state index contributed by atoms with van der Waals surface area (Å²) in [6.07, 6.45) is 3.48. The number of methoxy groups -OCH3 is 2. The molecule has 2 aliphatic rings. The molecule has 2 saturated heterocycles. The van der Waals surface area contributed by atoms with Crippen molar-refractivity contribution in [3.05, 3.63) is 35.9 Å². The maximum absolute atomic E-state index is 6.13. The van der Waals surface area contributed by atoms with Crippen molar-refractivity contribution in [2.24, 2.45) is 0 Å². The molecular formula is C26H38B2N2O7. The van der Waals surface area contributed by atoms with Gasteiger partial charge in [-0.25, -0.2) is 0 Å². The van der Waals surface area contributed by atoms with Gasteiger partial charge >= 0.3 is 14.2 Å². The van der Waals surface area contributed by atoms with Crippen LogP contribution in [0.15, 0.2) is 24.5 Å². The molecule has 2 aromatic rings. The van der Waals surface area contributed by atoms with Crippen LogP contribution in [0.5, 0.6) is 11.5 Å². The van der Waals surface area contributed by atoms with Crippen LogP contribution < -0.4 is 20.4 Å². The second kappa shape index (κ2) is 9.85. The van der Waals surface area contributed by atoms with E-state index in [2.05, 4.69) is 9.97 Å². The summed E-state index contributed by atoms with van der Waals surface area (Å²) in [6.45, 7) is 16.6. The molecule has 0 aromatic carbocycles. The zero-order valence-corrected chi connectivity index (χ0v) is 23.6. The van der Waals surface area contributed by atoms with Gasteiger partial charge in [-0.3, -0.25) is 9.97 Å².